The first-order chi connectivity index (χ1) is 7.59. The highest BCUT2D eigenvalue weighted by Crippen LogP contribution is 2.32. The molecule has 2 rings (SSSR count). The van der Waals surface area contributed by atoms with Gasteiger partial charge in [-0.2, -0.15) is 0 Å². The summed E-state index contributed by atoms with van der Waals surface area (Å²) in [7, 11) is 0. The molecule has 1 atom stereocenters. The monoisotopic (exact) mass is 222 g/mol. The predicted octanol–water partition coefficient (Wildman–Crippen LogP) is 0.916. The Balaban J connectivity index is 2.06. The van der Waals surface area contributed by atoms with E-state index in [9.17, 15) is 9.59 Å². The molecule has 1 amide bonds. The van der Waals surface area contributed by atoms with Crippen molar-refractivity contribution >= 4 is 11.9 Å². The molecule has 1 aliphatic rings. The number of aliphatic carboxylic acids is 1. The molecule has 3 N–H and O–H groups in total. The van der Waals surface area contributed by atoms with Gasteiger partial charge in [0, 0.05) is 12.4 Å². The van der Waals surface area contributed by atoms with Gasteiger partial charge in [-0.25, -0.2) is 4.79 Å². The van der Waals surface area contributed by atoms with Gasteiger partial charge in [0.15, 0.2) is 0 Å². The van der Waals surface area contributed by atoms with Crippen LogP contribution in [0.1, 0.15) is 28.8 Å². The Kier molecular flexibility index (Phi) is 2.68. The largest absolute Gasteiger partial charge is 0.480 e. The number of carbonyl (C=O) groups excluding carboxylic acids is 1. The summed E-state index contributed by atoms with van der Waals surface area (Å²) in [4.78, 5) is 25.5. The number of carbonyl (C=O) groups is 2. The molecule has 1 aromatic heterocycles. The summed E-state index contributed by atoms with van der Waals surface area (Å²) in [5.74, 6) is -1.18. The van der Waals surface area contributed by atoms with E-state index in [1.807, 2.05) is 0 Å². The SMILES string of the molecule is Cc1c[nH]cc1C(=O)NC(C(=O)O)C1CC1. The number of carboxylic acids is 1. The Bertz CT molecular complexity index is 421. The minimum absolute atomic E-state index is 0.0979. The number of rotatable bonds is 4. The third-order valence-corrected chi connectivity index (χ3v) is 2.84. The smallest absolute Gasteiger partial charge is 0.326 e. The van der Waals surface area contributed by atoms with Crippen molar-refractivity contribution < 1.29 is 14.7 Å². The van der Waals surface area contributed by atoms with Gasteiger partial charge in [-0.1, -0.05) is 0 Å². The fourth-order valence-corrected chi connectivity index (χ4v) is 1.72. The molecule has 1 unspecified atom stereocenters. The molecule has 0 radical (unpaired) electrons. The summed E-state index contributed by atoms with van der Waals surface area (Å²) in [5, 5.41) is 11.5. The standard InChI is InChI=1S/C11H14N2O3/c1-6-4-12-5-8(6)10(14)13-9(11(15)16)7-2-3-7/h4-5,7,9,12H,2-3H2,1H3,(H,13,14)(H,15,16). The molecule has 1 saturated carbocycles. The van der Waals surface area contributed by atoms with E-state index < -0.39 is 12.0 Å². The van der Waals surface area contributed by atoms with Gasteiger partial charge in [0.25, 0.3) is 5.91 Å². The van der Waals surface area contributed by atoms with Crippen LogP contribution in [0.15, 0.2) is 12.4 Å². The van der Waals surface area contributed by atoms with E-state index in [-0.39, 0.29) is 11.8 Å². The minimum Gasteiger partial charge on any atom is -0.480 e. The van der Waals surface area contributed by atoms with Crippen molar-refractivity contribution in [2.75, 3.05) is 0 Å². The first kappa shape index (κ1) is 10.7. The number of nitrogens with one attached hydrogen (secondary N) is 2. The van der Waals surface area contributed by atoms with E-state index >= 15 is 0 Å². The zero-order valence-electron chi connectivity index (χ0n) is 8.99. The van der Waals surface area contributed by atoms with Crippen molar-refractivity contribution in [3.63, 3.8) is 0 Å². The zero-order chi connectivity index (χ0) is 11.7. The number of hydrogen-bond donors (Lipinski definition) is 3. The molecule has 16 heavy (non-hydrogen) atoms. The van der Waals surface area contributed by atoms with Crippen LogP contribution in [0.25, 0.3) is 0 Å². The maximum absolute atomic E-state index is 11.8. The predicted molar refractivity (Wildman–Crippen MR) is 57.1 cm³/mol. The van der Waals surface area contributed by atoms with Crippen LogP contribution in [0.2, 0.25) is 0 Å². The van der Waals surface area contributed by atoms with Gasteiger partial charge in [0.05, 0.1) is 5.56 Å². The number of aromatic nitrogens is 1. The Morgan fingerprint density at radius 1 is 1.50 bits per heavy atom. The number of aromatic amines is 1. The molecule has 0 bridgehead atoms. The second kappa shape index (κ2) is 4.00. The van der Waals surface area contributed by atoms with Gasteiger partial charge in [0.1, 0.15) is 6.04 Å². The van der Waals surface area contributed by atoms with Crippen LogP contribution in [0, 0.1) is 12.8 Å². The highest BCUT2D eigenvalue weighted by molar-refractivity contribution is 5.97. The molecular weight excluding hydrogens is 208 g/mol. The van der Waals surface area contributed by atoms with Crippen molar-refractivity contribution in [3.05, 3.63) is 23.5 Å². The lowest BCUT2D eigenvalue weighted by Gasteiger charge is -2.13. The maximum Gasteiger partial charge on any atom is 0.326 e. The molecule has 1 aliphatic carbocycles. The highest BCUT2D eigenvalue weighted by atomic mass is 16.4. The van der Waals surface area contributed by atoms with E-state index in [1.54, 1.807) is 19.3 Å². The molecule has 1 aromatic rings. The number of H-pyrrole nitrogens is 1. The van der Waals surface area contributed by atoms with Gasteiger partial charge in [-0.05, 0) is 31.2 Å². The highest BCUT2D eigenvalue weighted by Gasteiger charge is 2.37. The fraction of sp³-hybridized carbons (Fsp3) is 0.455. The summed E-state index contributed by atoms with van der Waals surface area (Å²) in [5.41, 5.74) is 1.32. The maximum atomic E-state index is 11.8. The molecular formula is C11H14N2O3. The lowest BCUT2D eigenvalue weighted by atomic mass is 10.1. The van der Waals surface area contributed by atoms with Gasteiger partial charge in [-0.3, -0.25) is 4.79 Å². The molecule has 5 heteroatoms. The quantitative estimate of drug-likeness (QED) is 0.708. The van der Waals surface area contributed by atoms with Gasteiger partial charge < -0.3 is 15.4 Å². The molecule has 0 spiro atoms. The summed E-state index contributed by atoms with van der Waals surface area (Å²) < 4.78 is 0. The zero-order valence-corrected chi connectivity index (χ0v) is 8.99. The molecule has 1 fully saturated rings. The molecule has 0 aromatic carbocycles. The topological polar surface area (TPSA) is 82.2 Å². The average Bonchev–Trinajstić information content (AvgIpc) is 2.96. The van der Waals surface area contributed by atoms with Crippen LogP contribution in [-0.4, -0.2) is 28.0 Å². The number of carboxylic acid groups (broad SMARTS) is 1. The summed E-state index contributed by atoms with van der Waals surface area (Å²) >= 11 is 0. The van der Waals surface area contributed by atoms with Crippen LogP contribution in [0.5, 0.6) is 0 Å². The van der Waals surface area contributed by atoms with Crippen LogP contribution in [-0.2, 0) is 4.79 Å². The third kappa shape index (κ3) is 2.08. The number of amides is 1. The summed E-state index contributed by atoms with van der Waals surface area (Å²) in [6.45, 7) is 1.80. The van der Waals surface area contributed by atoms with E-state index in [2.05, 4.69) is 10.3 Å². The third-order valence-electron chi connectivity index (χ3n) is 2.84. The van der Waals surface area contributed by atoms with E-state index in [0.29, 0.717) is 5.56 Å². The first-order valence-electron chi connectivity index (χ1n) is 5.26. The van der Waals surface area contributed by atoms with Crippen molar-refractivity contribution in [3.8, 4) is 0 Å². The lowest BCUT2D eigenvalue weighted by molar-refractivity contribution is -0.139. The van der Waals surface area contributed by atoms with E-state index in [0.717, 1.165) is 18.4 Å². The number of hydrogen-bond acceptors (Lipinski definition) is 2. The van der Waals surface area contributed by atoms with Gasteiger partial charge in [-0.15, -0.1) is 0 Å². The first-order valence-corrected chi connectivity index (χ1v) is 5.26. The molecule has 86 valence electrons. The lowest BCUT2D eigenvalue weighted by Crippen LogP contribution is -2.42. The van der Waals surface area contributed by atoms with E-state index in [1.165, 1.54) is 0 Å². The average molecular weight is 222 g/mol. The Hall–Kier alpha value is -1.78. The van der Waals surface area contributed by atoms with Crippen LogP contribution < -0.4 is 5.32 Å². The van der Waals surface area contributed by atoms with Crippen LogP contribution in [0.4, 0.5) is 0 Å². The van der Waals surface area contributed by atoms with Gasteiger partial charge in [0.2, 0.25) is 0 Å². The molecule has 0 aliphatic heterocycles. The number of aryl methyl sites for hydroxylation is 1. The minimum atomic E-state index is -0.955. The summed E-state index contributed by atoms with van der Waals surface area (Å²) in [6, 6.07) is -0.748. The fourth-order valence-electron chi connectivity index (χ4n) is 1.72. The van der Waals surface area contributed by atoms with Gasteiger partial charge >= 0.3 is 5.97 Å². The molecule has 5 nitrogen and oxygen atoms in total. The van der Waals surface area contributed by atoms with E-state index in [4.69, 9.17) is 5.11 Å². The normalized spacial score (nSPS) is 16.8. The molecule has 1 heterocycles. The molecule has 0 saturated heterocycles. The van der Waals surface area contributed by atoms with Crippen molar-refractivity contribution in [2.24, 2.45) is 5.92 Å². The van der Waals surface area contributed by atoms with Crippen LogP contribution >= 0.6 is 0 Å². The summed E-state index contributed by atoms with van der Waals surface area (Å²) in [6.07, 6.45) is 5.05. The Labute approximate surface area is 92.9 Å². The van der Waals surface area contributed by atoms with Crippen LogP contribution in [0.3, 0.4) is 0 Å². The van der Waals surface area contributed by atoms with Crippen molar-refractivity contribution in [1.82, 2.24) is 10.3 Å². The second-order valence-corrected chi connectivity index (χ2v) is 4.18. The Morgan fingerprint density at radius 2 is 2.19 bits per heavy atom. The Morgan fingerprint density at radius 3 is 2.62 bits per heavy atom. The second-order valence-electron chi connectivity index (χ2n) is 4.18. The van der Waals surface area contributed by atoms with Crippen molar-refractivity contribution in [1.29, 1.82) is 0 Å². The van der Waals surface area contributed by atoms with Crippen molar-refractivity contribution in [2.45, 2.75) is 25.8 Å².